The van der Waals surface area contributed by atoms with E-state index in [-0.39, 0.29) is 23.3 Å². The molecule has 0 aromatic heterocycles. The van der Waals surface area contributed by atoms with Gasteiger partial charge < -0.3 is 9.64 Å². The van der Waals surface area contributed by atoms with E-state index in [1.807, 2.05) is 13.8 Å². The summed E-state index contributed by atoms with van der Waals surface area (Å²) in [6.07, 6.45) is 0.907. The van der Waals surface area contributed by atoms with E-state index in [1.54, 1.807) is 11.9 Å². The predicted octanol–water partition coefficient (Wildman–Crippen LogP) is 1.14. The summed E-state index contributed by atoms with van der Waals surface area (Å²) in [4.78, 5) is 13.8. The normalized spacial score (nSPS) is 12.8. The zero-order chi connectivity index (χ0) is 16.2. The first-order valence-electron chi connectivity index (χ1n) is 6.66. The largest absolute Gasteiger partial charge is 0.496 e. The number of primary sulfonamides is 1. The number of nitrogens with zero attached hydrogens (tertiary/aromatic N) is 1. The third-order valence-electron chi connectivity index (χ3n) is 3.57. The molecule has 0 saturated heterocycles. The van der Waals surface area contributed by atoms with Crippen molar-refractivity contribution in [3.8, 4) is 5.75 Å². The topological polar surface area (TPSA) is 89.7 Å². The fraction of sp³-hybridized carbons (Fsp3) is 0.500. The summed E-state index contributed by atoms with van der Waals surface area (Å²) in [6.45, 7) is 3.95. The van der Waals surface area contributed by atoms with E-state index in [0.29, 0.717) is 11.3 Å². The van der Waals surface area contributed by atoms with Gasteiger partial charge in [-0.1, -0.05) is 6.92 Å². The van der Waals surface area contributed by atoms with Crippen molar-refractivity contribution in [2.24, 2.45) is 5.14 Å². The number of methoxy groups -OCH3 is 1. The Bertz CT molecular complexity index is 613. The molecule has 7 heteroatoms. The molecule has 1 rings (SSSR count). The van der Waals surface area contributed by atoms with Crippen molar-refractivity contribution >= 4 is 15.9 Å². The van der Waals surface area contributed by atoms with Crippen LogP contribution in [0.4, 0.5) is 0 Å². The van der Waals surface area contributed by atoms with Crippen molar-refractivity contribution in [1.29, 1.82) is 0 Å². The highest BCUT2D eigenvalue weighted by atomic mass is 32.2. The molecule has 1 aromatic rings. The van der Waals surface area contributed by atoms with Gasteiger partial charge in [0.1, 0.15) is 5.75 Å². The Balaban J connectivity index is 3.09. The standard InChI is InChI=1S/C14H22N2O4S/c1-5-10(2)16(3)14(17)9-11-8-12(21(15,18)19)6-7-13(11)20-4/h6-8,10H,5,9H2,1-4H3,(H2,15,18,19). The van der Waals surface area contributed by atoms with Crippen molar-refractivity contribution in [3.05, 3.63) is 23.8 Å². The van der Waals surface area contributed by atoms with Gasteiger partial charge in [-0.2, -0.15) is 0 Å². The van der Waals surface area contributed by atoms with Gasteiger partial charge in [-0.3, -0.25) is 4.79 Å². The molecule has 6 nitrogen and oxygen atoms in total. The Hall–Kier alpha value is -1.60. The number of hydrogen-bond donors (Lipinski definition) is 1. The molecular formula is C14H22N2O4S. The Kier molecular flexibility index (Phi) is 5.74. The first-order chi connectivity index (χ1) is 9.70. The molecule has 21 heavy (non-hydrogen) atoms. The van der Waals surface area contributed by atoms with Gasteiger partial charge in [0, 0.05) is 18.7 Å². The molecule has 1 atom stereocenters. The number of benzene rings is 1. The minimum atomic E-state index is -3.81. The first kappa shape index (κ1) is 17.5. The zero-order valence-corrected chi connectivity index (χ0v) is 13.6. The minimum absolute atomic E-state index is 0.0303. The number of carbonyl (C=O) groups excluding carboxylic acids is 1. The molecule has 1 aromatic carbocycles. The van der Waals surface area contributed by atoms with Crippen LogP contribution in [0.5, 0.6) is 5.75 Å². The van der Waals surface area contributed by atoms with Crippen molar-refractivity contribution < 1.29 is 17.9 Å². The van der Waals surface area contributed by atoms with Crippen LogP contribution in [-0.4, -0.2) is 39.4 Å². The van der Waals surface area contributed by atoms with Gasteiger partial charge in [0.15, 0.2) is 0 Å². The fourth-order valence-electron chi connectivity index (χ4n) is 1.88. The van der Waals surface area contributed by atoms with E-state index < -0.39 is 10.0 Å². The monoisotopic (exact) mass is 314 g/mol. The molecule has 0 fully saturated rings. The van der Waals surface area contributed by atoms with E-state index >= 15 is 0 Å². The van der Waals surface area contributed by atoms with Crippen LogP contribution < -0.4 is 9.88 Å². The maximum atomic E-state index is 12.2. The van der Waals surface area contributed by atoms with Crippen molar-refractivity contribution in [2.75, 3.05) is 14.2 Å². The number of likely N-dealkylation sites (N-methyl/N-ethyl adjacent to an activating group) is 1. The summed E-state index contributed by atoms with van der Waals surface area (Å²) in [6, 6.07) is 4.37. The van der Waals surface area contributed by atoms with Crippen LogP contribution in [0, 0.1) is 0 Å². The lowest BCUT2D eigenvalue weighted by molar-refractivity contribution is -0.131. The fourth-order valence-corrected chi connectivity index (χ4v) is 2.44. The molecule has 0 heterocycles. The van der Waals surface area contributed by atoms with Gasteiger partial charge in [-0.25, -0.2) is 13.6 Å². The SMILES string of the molecule is CCC(C)N(C)C(=O)Cc1cc(S(N)(=O)=O)ccc1OC. The molecular weight excluding hydrogens is 292 g/mol. The molecule has 1 amide bonds. The predicted molar refractivity (Wildman–Crippen MR) is 80.6 cm³/mol. The van der Waals surface area contributed by atoms with E-state index in [4.69, 9.17) is 9.88 Å². The summed E-state index contributed by atoms with van der Waals surface area (Å²) in [5.41, 5.74) is 0.504. The molecule has 0 bridgehead atoms. The highest BCUT2D eigenvalue weighted by Crippen LogP contribution is 2.23. The Morgan fingerprint density at radius 3 is 2.52 bits per heavy atom. The number of sulfonamides is 1. The molecule has 0 spiro atoms. The molecule has 0 aliphatic carbocycles. The van der Waals surface area contributed by atoms with Gasteiger partial charge >= 0.3 is 0 Å². The Labute approximate surface area is 125 Å². The lowest BCUT2D eigenvalue weighted by Crippen LogP contribution is -2.35. The van der Waals surface area contributed by atoms with Gasteiger partial charge in [0.05, 0.1) is 18.4 Å². The number of ether oxygens (including phenoxy) is 1. The average Bonchev–Trinajstić information content (AvgIpc) is 2.44. The van der Waals surface area contributed by atoms with Crippen molar-refractivity contribution in [3.63, 3.8) is 0 Å². The maximum absolute atomic E-state index is 12.2. The first-order valence-corrected chi connectivity index (χ1v) is 8.20. The molecule has 118 valence electrons. The second-order valence-corrected chi connectivity index (χ2v) is 6.52. The molecule has 0 radical (unpaired) electrons. The third-order valence-corrected chi connectivity index (χ3v) is 4.48. The summed E-state index contributed by atoms with van der Waals surface area (Å²) in [5, 5.41) is 5.11. The summed E-state index contributed by atoms with van der Waals surface area (Å²) < 4.78 is 28.0. The summed E-state index contributed by atoms with van der Waals surface area (Å²) in [5.74, 6) is 0.363. The molecule has 0 aliphatic heterocycles. The molecule has 0 saturated carbocycles. The van der Waals surface area contributed by atoms with Crippen LogP contribution in [0.1, 0.15) is 25.8 Å². The summed E-state index contributed by atoms with van der Waals surface area (Å²) >= 11 is 0. The van der Waals surface area contributed by atoms with Crippen LogP contribution in [0.3, 0.4) is 0 Å². The number of carbonyl (C=O) groups is 1. The maximum Gasteiger partial charge on any atom is 0.238 e. The van der Waals surface area contributed by atoms with Crippen LogP contribution >= 0.6 is 0 Å². The van der Waals surface area contributed by atoms with Crippen LogP contribution in [0.25, 0.3) is 0 Å². The molecule has 0 aliphatic rings. The number of amides is 1. The lowest BCUT2D eigenvalue weighted by atomic mass is 10.1. The zero-order valence-electron chi connectivity index (χ0n) is 12.8. The Morgan fingerprint density at radius 1 is 1.43 bits per heavy atom. The third kappa shape index (κ3) is 4.44. The van der Waals surface area contributed by atoms with Crippen LogP contribution in [0.2, 0.25) is 0 Å². The van der Waals surface area contributed by atoms with Crippen LogP contribution in [-0.2, 0) is 21.2 Å². The highest BCUT2D eigenvalue weighted by molar-refractivity contribution is 7.89. The second-order valence-electron chi connectivity index (χ2n) is 4.96. The van der Waals surface area contributed by atoms with Crippen molar-refractivity contribution in [2.45, 2.75) is 37.6 Å². The van der Waals surface area contributed by atoms with Gasteiger partial charge in [-0.15, -0.1) is 0 Å². The average molecular weight is 314 g/mol. The van der Waals surface area contributed by atoms with Gasteiger partial charge in [0.2, 0.25) is 15.9 Å². The number of hydrogen-bond acceptors (Lipinski definition) is 4. The van der Waals surface area contributed by atoms with E-state index in [2.05, 4.69) is 0 Å². The molecule has 1 unspecified atom stereocenters. The molecule has 2 N–H and O–H groups in total. The number of rotatable bonds is 6. The van der Waals surface area contributed by atoms with Crippen LogP contribution in [0.15, 0.2) is 23.1 Å². The smallest absolute Gasteiger partial charge is 0.238 e. The Morgan fingerprint density at radius 2 is 2.05 bits per heavy atom. The second kappa shape index (κ2) is 6.91. The summed E-state index contributed by atoms with van der Waals surface area (Å²) in [7, 11) is -0.609. The highest BCUT2D eigenvalue weighted by Gasteiger charge is 2.18. The minimum Gasteiger partial charge on any atom is -0.496 e. The van der Waals surface area contributed by atoms with E-state index in [9.17, 15) is 13.2 Å². The number of nitrogens with two attached hydrogens (primary N) is 1. The van der Waals surface area contributed by atoms with E-state index in [0.717, 1.165) is 6.42 Å². The van der Waals surface area contributed by atoms with Crippen molar-refractivity contribution in [1.82, 2.24) is 4.90 Å². The van der Waals surface area contributed by atoms with Gasteiger partial charge in [0.25, 0.3) is 0 Å². The van der Waals surface area contributed by atoms with Gasteiger partial charge in [-0.05, 0) is 31.5 Å². The lowest BCUT2D eigenvalue weighted by Gasteiger charge is -2.24. The van der Waals surface area contributed by atoms with E-state index in [1.165, 1.54) is 25.3 Å². The quantitative estimate of drug-likeness (QED) is 0.852.